The van der Waals surface area contributed by atoms with Crippen LogP contribution in [-0.2, 0) is 30.5 Å². The molecule has 1 atom stereocenters. The maximum absolute atomic E-state index is 12.8. The van der Waals surface area contributed by atoms with Crippen molar-refractivity contribution in [1.29, 1.82) is 0 Å². The Bertz CT molecular complexity index is 818. The Balaban J connectivity index is 2.07. The van der Waals surface area contributed by atoms with Crippen LogP contribution in [0.1, 0.15) is 25.3 Å². The molecule has 1 aromatic carbocycles. The first-order valence-corrected chi connectivity index (χ1v) is 9.54. The lowest BCUT2D eigenvalue weighted by atomic mass is 9.98. The first-order chi connectivity index (χ1) is 12.4. The number of benzene rings is 1. The first kappa shape index (κ1) is 21.2. The van der Waals surface area contributed by atoms with Crippen molar-refractivity contribution < 1.29 is 35.9 Å². The molecule has 0 unspecified atom stereocenters. The first-order valence-electron chi connectivity index (χ1n) is 8.10. The summed E-state index contributed by atoms with van der Waals surface area (Å²) in [6.45, 7) is 1.22. The average Bonchev–Trinajstić information content (AvgIpc) is 2.61. The van der Waals surface area contributed by atoms with Gasteiger partial charge in [0.2, 0.25) is 10.0 Å². The van der Waals surface area contributed by atoms with Gasteiger partial charge >= 0.3 is 12.1 Å². The van der Waals surface area contributed by atoms with Gasteiger partial charge in [0, 0.05) is 13.1 Å². The molecule has 11 heteroatoms. The van der Waals surface area contributed by atoms with E-state index >= 15 is 0 Å². The summed E-state index contributed by atoms with van der Waals surface area (Å²) in [6, 6.07) is 3.51. The van der Waals surface area contributed by atoms with E-state index in [1.165, 1.54) is 6.92 Å². The lowest BCUT2D eigenvalue weighted by molar-refractivity contribution is -0.159. The second-order valence-corrected chi connectivity index (χ2v) is 8.12. The number of sulfonamides is 1. The van der Waals surface area contributed by atoms with Crippen molar-refractivity contribution in [3.8, 4) is 0 Å². The van der Waals surface area contributed by atoms with Gasteiger partial charge in [-0.05, 0) is 38.0 Å². The van der Waals surface area contributed by atoms with Gasteiger partial charge in [-0.2, -0.15) is 17.5 Å². The Hall–Kier alpha value is -2.14. The van der Waals surface area contributed by atoms with E-state index in [-0.39, 0.29) is 25.9 Å². The Kier molecular flexibility index (Phi) is 6.15. The third-order valence-corrected chi connectivity index (χ3v) is 6.17. The van der Waals surface area contributed by atoms with E-state index in [0.717, 1.165) is 22.5 Å². The minimum Gasteiger partial charge on any atom is -0.452 e. The van der Waals surface area contributed by atoms with Gasteiger partial charge in [0.25, 0.3) is 5.91 Å². The Labute approximate surface area is 154 Å². The summed E-state index contributed by atoms with van der Waals surface area (Å²) in [5, 5.41) is 0. The van der Waals surface area contributed by atoms with Gasteiger partial charge in [-0.3, -0.25) is 9.59 Å². The summed E-state index contributed by atoms with van der Waals surface area (Å²) < 4.78 is 69.5. The Morgan fingerprint density at radius 3 is 2.37 bits per heavy atom. The van der Waals surface area contributed by atoms with E-state index in [2.05, 4.69) is 0 Å². The van der Waals surface area contributed by atoms with Gasteiger partial charge in [-0.15, -0.1) is 0 Å². The highest BCUT2D eigenvalue weighted by Gasteiger charge is 2.36. The van der Waals surface area contributed by atoms with Crippen LogP contribution in [0.2, 0.25) is 0 Å². The molecule has 1 heterocycles. The molecule has 1 aliphatic heterocycles. The minimum absolute atomic E-state index is 0.0523. The second kappa shape index (κ2) is 7.85. The number of nitrogens with zero attached hydrogens (tertiary/aromatic N) is 1. The molecule has 1 fully saturated rings. The van der Waals surface area contributed by atoms with Gasteiger partial charge in [-0.1, -0.05) is 6.07 Å². The fraction of sp³-hybridized carbons (Fsp3) is 0.500. The smallest absolute Gasteiger partial charge is 0.416 e. The molecule has 1 saturated heterocycles. The van der Waals surface area contributed by atoms with Gasteiger partial charge in [0.1, 0.15) is 0 Å². The lowest BCUT2D eigenvalue weighted by Gasteiger charge is -2.30. The molecule has 27 heavy (non-hydrogen) atoms. The van der Waals surface area contributed by atoms with Crippen LogP contribution in [0.5, 0.6) is 0 Å². The normalized spacial score (nSPS) is 18.1. The maximum Gasteiger partial charge on any atom is 0.416 e. The number of esters is 1. The summed E-state index contributed by atoms with van der Waals surface area (Å²) in [5.74, 6) is -2.06. The molecule has 0 saturated carbocycles. The Morgan fingerprint density at radius 2 is 1.85 bits per heavy atom. The van der Waals surface area contributed by atoms with E-state index in [1.807, 2.05) is 0 Å². The number of hydrogen-bond acceptors (Lipinski definition) is 5. The van der Waals surface area contributed by atoms with Crippen LogP contribution in [-0.4, -0.2) is 43.8 Å². The summed E-state index contributed by atoms with van der Waals surface area (Å²) >= 11 is 0. The highest BCUT2D eigenvalue weighted by Crippen LogP contribution is 2.32. The van der Waals surface area contributed by atoms with Crippen LogP contribution >= 0.6 is 0 Å². The number of ether oxygens (including phenoxy) is 1. The quantitative estimate of drug-likeness (QED) is 0.744. The van der Waals surface area contributed by atoms with Crippen LogP contribution in [0, 0.1) is 5.92 Å². The molecule has 0 bridgehead atoms. The summed E-state index contributed by atoms with van der Waals surface area (Å²) in [4.78, 5) is 22.4. The van der Waals surface area contributed by atoms with Gasteiger partial charge in [0.15, 0.2) is 6.10 Å². The second-order valence-electron chi connectivity index (χ2n) is 6.19. The van der Waals surface area contributed by atoms with Crippen molar-refractivity contribution in [2.45, 2.75) is 36.9 Å². The zero-order chi connectivity index (χ0) is 20.4. The van der Waals surface area contributed by atoms with E-state index < -0.39 is 50.6 Å². The molecule has 1 aromatic rings. The van der Waals surface area contributed by atoms with Gasteiger partial charge < -0.3 is 10.5 Å². The predicted octanol–water partition coefficient (Wildman–Crippen LogP) is 1.52. The molecule has 7 nitrogen and oxygen atoms in total. The standard InChI is InChI=1S/C16H19F3N2O5S/c1-10(14(20)22)26-15(23)11-5-7-21(8-6-11)27(24,25)13-4-2-3-12(9-13)16(17,18)19/h2-4,9-11H,5-8H2,1H3,(H2,20,22)/t10-/m1/s1. The Morgan fingerprint density at radius 1 is 1.26 bits per heavy atom. The third-order valence-electron chi connectivity index (χ3n) is 4.28. The SMILES string of the molecule is C[C@@H](OC(=O)C1CCN(S(=O)(=O)c2cccc(C(F)(F)F)c2)CC1)C(N)=O. The fourth-order valence-corrected chi connectivity index (χ4v) is 4.16. The zero-order valence-corrected chi connectivity index (χ0v) is 15.2. The number of primary amides is 1. The van der Waals surface area contributed by atoms with Crippen molar-refractivity contribution in [3.63, 3.8) is 0 Å². The van der Waals surface area contributed by atoms with Crippen LogP contribution in [0.15, 0.2) is 29.2 Å². The molecule has 150 valence electrons. The molecule has 0 aliphatic carbocycles. The molecular weight excluding hydrogens is 389 g/mol. The number of carbonyl (C=O) groups excluding carboxylic acids is 2. The molecule has 1 amide bonds. The number of hydrogen-bond donors (Lipinski definition) is 1. The van der Waals surface area contributed by atoms with Crippen LogP contribution < -0.4 is 5.73 Å². The molecule has 0 spiro atoms. The van der Waals surface area contributed by atoms with Gasteiger partial charge in [0.05, 0.1) is 16.4 Å². The highest BCUT2D eigenvalue weighted by molar-refractivity contribution is 7.89. The molecular formula is C16H19F3N2O5S. The summed E-state index contributed by atoms with van der Waals surface area (Å²) in [6.07, 6.45) is -5.49. The molecule has 2 rings (SSSR count). The number of amides is 1. The number of rotatable bonds is 5. The molecule has 0 radical (unpaired) electrons. The van der Waals surface area contributed by atoms with Crippen LogP contribution in [0.3, 0.4) is 0 Å². The zero-order valence-electron chi connectivity index (χ0n) is 14.4. The van der Waals surface area contributed by atoms with E-state index in [4.69, 9.17) is 10.5 Å². The van der Waals surface area contributed by atoms with Crippen molar-refractivity contribution in [3.05, 3.63) is 29.8 Å². The number of piperidine rings is 1. The summed E-state index contributed by atoms with van der Waals surface area (Å²) in [7, 11) is -4.12. The maximum atomic E-state index is 12.8. The van der Waals surface area contributed by atoms with Crippen molar-refractivity contribution in [2.75, 3.05) is 13.1 Å². The topological polar surface area (TPSA) is 107 Å². The monoisotopic (exact) mass is 408 g/mol. The number of carbonyl (C=O) groups is 2. The van der Waals surface area contributed by atoms with Crippen molar-refractivity contribution in [1.82, 2.24) is 4.31 Å². The predicted molar refractivity (Wildman–Crippen MR) is 87.7 cm³/mol. The minimum atomic E-state index is -4.65. The molecule has 2 N–H and O–H groups in total. The fourth-order valence-electron chi connectivity index (χ4n) is 2.64. The lowest BCUT2D eigenvalue weighted by Crippen LogP contribution is -2.41. The molecule has 0 aromatic heterocycles. The highest BCUT2D eigenvalue weighted by atomic mass is 32.2. The van der Waals surface area contributed by atoms with E-state index in [1.54, 1.807) is 0 Å². The number of nitrogens with two attached hydrogens (primary N) is 1. The summed E-state index contributed by atoms with van der Waals surface area (Å²) in [5.41, 5.74) is 3.96. The largest absolute Gasteiger partial charge is 0.452 e. The number of halogens is 3. The van der Waals surface area contributed by atoms with Crippen molar-refractivity contribution >= 4 is 21.9 Å². The third kappa shape index (κ3) is 4.98. The van der Waals surface area contributed by atoms with Gasteiger partial charge in [-0.25, -0.2) is 8.42 Å². The van der Waals surface area contributed by atoms with Crippen LogP contribution in [0.4, 0.5) is 13.2 Å². The number of alkyl halides is 3. The van der Waals surface area contributed by atoms with Crippen molar-refractivity contribution in [2.24, 2.45) is 11.7 Å². The van der Waals surface area contributed by atoms with Crippen LogP contribution in [0.25, 0.3) is 0 Å². The van der Waals surface area contributed by atoms with E-state index in [0.29, 0.717) is 6.07 Å². The average molecular weight is 408 g/mol. The van der Waals surface area contributed by atoms with E-state index in [9.17, 15) is 31.2 Å². The molecule has 1 aliphatic rings.